The van der Waals surface area contributed by atoms with E-state index >= 15 is 0 Å². The van der Waals surface area contributed by atoms with E-state index in [1.54, 1.807) is 17.8 Å². The standard InChI is InChI=1S/C12H15N5O/c1-13-12(18)9-8-14-10-4-5-11(15-17(9)10)16-6-2-3-7-16/h4-5,8H,2-3,6-7H2,1H3,(H,13,18). The van der Waals surface area contributed by atoms with Crippen LogP contribution in [0.1, 0.15) is 23.3 Å². The van der Waals surface area contributed by atoms with E-state index in [1.165, 1.54) is 12.8 Å². The van der Waals surface area contributed by atoms with Crippen molar-refractivity contribution in [3.8, 4) is 0 Å². The van der Waals surface area contributed by atoms with Gasteiger partial charge in [-0.2, -0.15) is 0 Å². The Labute approximate surface area is 105 Å². The van der Waals surface area contributed by atoms with Gasteiger partial charge in [-0.1, -0.05) is 0 Å². The predicted octanol–water partition coefficient (Wildman–Crippen LogP) is 0.689. The fourth-order valence-corrected chi connectivity index (χ4v) is 2.26. The molecular formula is C12H15N5O. The minimum atomic E-state index is -0.173. The lowest BCUT2D eigenvalue weighted by Crippen LogP contribution is -2.23. The molecule has 0 aliphatic carbocycles. The molecule has 6 heteroatoms. The summed E-state index contributed by atoms with van der Waals surface area (Å²) in [7, 11) is 1.60. The van der Waals surface area contributed by atoms with E-state index in [2.05, 4.69) is 20.3 Å². The van der Waals surface area contributed by atoms with Gasteiger partial charge in [0.05, 0.1) is 6.20 Å². The van der Waals surface area contributed by atoms with Crippen LogP contribution >= 0.6 is 0 Å². The van der Waals surface area contributed by atoms with Crippen molar-refractivity contribution in [2.45, 2.75) is 12.8 Å². The summed E-state index contributed by atoms with van der Waals surface area (Å²) in [5.41, 5.74) is 1.16. The normalized spacial score (nSPS) is 15.3. The van der Waals surface area contributed by atoms with Crippen molar-refractivity contribution in [1.29, 1.82) is 0 Å². The Morgan fingerprint density at radius 2 is 2.11 bits per heavy atom. The molecule has 3 rings (SSSR count). The van der Waals surface area contributed by atoms with Crippen molar-refractivity contribution < 1.29 is 4.79 Å². The summed E-state index contributed by atoms with van der Waals surface area (Å²) in [6.07, 6.45) is 3.95. The number of fused-ring (bicyclic) bond motifs is 1. The largest absolute Gasteiger partial charge is 0.355 e. The lowest BCUT2D eigenvalue weighted by atomic mass is 10.4. The smallest absolute Gasteiger partial charge is 0.271 e. The van der Waals surface area contributed by atoms with E-state index in [4.69, 9.17) is 0 Å². The zero-order chi connectivity index (χ0) is 12.5. The highest BCUT2D eigenvalue weighted by Gasteiger charge is 2.16. The van der Waals surface area contributed by atoms with Crippen molar-refractivity contribution in [2.75, 3.05) is 25.0 Å². The molecule has 0 bridgehead atoms. The maximum atomic E-state index is 11.7. The topological polar surface area (TPSA) is 62.5 Å². The van der Waals surface area contributed by atoms with E-state index in [-0.39, 0.29) is 5.91 Å². The average molecular weight is 245 g/mol. The number of aromatic nitrogens is 3. The minimum Gasteiger partial charge on any atom is -0.355 e. The SMILES string of the molecule is CNC(=O)c1cnc2ccc(N3CCCC3)nn12. The zero-order valence-electron chi connectivity index (χ0n) is 10.3. The lowest BCUT2D eigenvalue weighted by Gasteiger charge is -2.15. The molecule has 6 nitrogen and oxygen atoms in total. The van der Waals surface area contributed by atoms with Gasteiger partial charge in [0, 0.05) is 20.1 Å². The molecule has 0 atom stereocenters. The van der Waals surface area contributed by atoms with Crippen LogP contribution in [0.3, 0.4) is 0 Å². The van der Waals surface area contributed by atoms with Gasteiger partial charge < -0.3 is 10.2 Å². The first-order valence-electron chi connectivity index (χ1n) is 6.11. The molecule has 0 aromatic carbocycles. The second kappa shape index (κ2) is 4.29. The van der Waals surface area contributed by atoms with E-state index in [0.717, 1.165) is 18.9 Å². The molecule has 0 saturated carbocycles. The van der Waals surface area contributed by atoms with Gasteiger partial charge in [0.15, 0.2) is 11.3 Å². The summed E-state index contributed by atoms with van der Waals surface area (Å²) < 4.78 is 1.60. The maximum absolute atomic E-state index is 11.7. The average Bonchev–Trinajstić information content (AvgIpc) is 3.06. The number of amides is 1. The number of anilines is 1. The maximum Gasteiger partial charge on any atom is 0.271 e. The summed E-state index contributed by atoms with van der Waals surface area (Å²) in [6, 6.07) is 3.86. The second-order valence-corrected chi connectivity index (χ2v) is 4.38. The molecule has 1 aliphatic rings. The molecule has 1 N–H and O–H groups in total. The first-order chi connectivity index (χ1) is 8.79. The predicted molar refractivity (Wildman–Crippen MR) is 67.8 cm³/mol. The molecule has 2 aromatic heterocycles. The fourth-order valence-electron chi connectivity index (χ4n) is 2.26. The van der Waals surface area contributed by atoms with Crippen molar-refractivity contribution >= 4 is 17.4 Å². The Balaban J connectivity index is 2.06. The van der Waals surface area contributed by atoms with Crippen molar-refractivity contribution in [1.82, 2.24) is 19.9 Å². The van der Waals surface area contributed by atoms with Crippen LogP contribution in [0.2, 0.25) is 0 Å². The van der Waals surface area contributed by atoms with Crippen LogP contribution in [-0.2, 0) is 0 Å². The van der Waals surface area contributed by atoms with Gasteiger partial charge in [0.25, 0.3) is 5.91 Å². The molecule has 0 radical (unpaired) electrons. The number of carbonyl (C=O) groups excluding carboxylic acids is 1. The van der Waals surface area contributed by atoms with E-state index in [9.17, 15) is 4.79 Å². The highest BCUT2D eigenvalue weighted by molar-refractivity contribution is 5.92. The van der Waals surface area contributed by atoms with E-state index in [0.29, 0.717) is 11.3 Å². The number of imidazole rings is 1. The molecular weight excluding hydrogens is 230 g/mol. The van der Waals surface area contributed by atoms with Gasteiger partial charge in [0.1, 0.15) is 5.82 Å². The third-order valence-electron chi connectivity index (χ3n) is 3.24. The van der Waals surface area contributed by atoms with Gasteiger partial charge in [-0.3, -0.25) is 4.79 Å². The number of rotatable bonds is 2. The molecule has 3 heterocycles. The summed E-state index contributed by atoms with van der Waals surface area (Å²) in [5.74, 6) is 0.733. The van der Waals surface area contributed by atoms with E-state index in [1.807, 2.05) is 12.1 Å². The molecule has 94 valence electrons. The van der Waals surface area contributed by atoms with Gasteiger partial charge in [-0.15, -0.1) is 5.10 Å². The van der Waals surface area contributed by atoms with Crippen LogP contribution < -0.4 is 10.2 Å². The van der Waals surface area contributed by atoms with Gasteiger partial charge in [0.2, 0.25) is 0 Å². The van der Waals surface area contributed by atoms with Crippen LogP contribution in [0.15, 0.2) is 18.3 Å². The van der Waals surface area contributed by atoms with Gasteiger partial charge in [-0.05, 0) is 25.0 Å². The quantitative estimate of drug-likeness (QED) is 0.845. The van der Waals surface area contributed by atoms with Crippen LogP contribution in [-0.4, -0.2) is 40.6 Å². The monoisotopic (exact) mass is 245 g/mol. The lowest BCUT2D eigenvalue weighted by molar-refractivity contribution is 0.0956. The Kier molecular flexibility index (Phi) is 2.62. The molecule has 0 unspecified atom stereocenters. The fraction of sp³-hybridized carbons (Fsp3) is 0.417. The Morgan fingerprint density at radius 1 is 1.33 bits per heavy atom. The first-order valence-corrected chi connectivity index (χ1v) is 6.11. The van der Waals surface area contributed by atoms with E-state index < -0.39 is 0 Å². The number of nitrogens with one attached hydrogen (secondary N) is 1. The number of nitrogens with zero attached hydrogens (tertiary/aromatic N) is 4. The summed E-state index contributed by atoms with van der Waals surface area (Å²) in [6.45, 7) is 2.06. The molecule has 1 aliphatic heterocycles. The number of hydrogen-bond acceptors (Lipinski definition) is 4. The zero-order valence-corrected chi connectivity index (χ0v) is 10.3. The van der Waals surface area contributed by atoms with Crippen LogP contribution in [0, 0.1) is 0 Å². The molecule has 1 fully saturated rings. The Morgan fingerprint density at radius 3 is 2.83 bits per heavy atom. The van der Waals surface area contributed by atoms with Crippen molar-refractivity contribution in [3.63, 3.8) is 0 Å². The van der Waals surface area contributed by atoms with Crippen molar-refractivity contribution in [3.05, 3.63) is 24.0 Å². The molecule has 2 aromatic rings. The number of carbonyl (C=O) groups is 1. The summed E-state index contributed by atoms with van der Waals surface area (Å²) in [5, 5.41) is 7.10. The molecule has 0 spiro atoms. The molecule has 1 saturated heterocycles. The highest BCUT2D eigenvalue weighted by Crippen LogP contribution is 2.18. The molecule has 1 amide bonds. The third-order valence-corrected chi connectivity index (χ3v) is 3.24. The number of hydrogen-bond donors (Lipinski definition) is 1. The Hall–Kier alpha value is -2.11. The molecule has 18 heavy (non-hydrogen) atoms. The van der Waals surface area contributed by atoms with Crippen LogP contribution in [0.5, 0.6) is 0 Å². The summed E-state index contributed by atoms with van der Waals surface area (Å²) in [4.78, 5) is 18.1. The van der Waals surface area contributed by atoms with Crippen LogP contribution in [0.25, 0.3) is 5.65 Å². The third kappa shape index (κ3) is 1.70. The first kappa shape index (κ1) is 11.0. The Bertz CT molecular complexity index is 585. The van der Waals surface area contributed by atoms with Crippen LogP contribution in [0.4, 0.5) is 5.82 Å². The van der Waals surface area contributed by atoms with Crippen molar-refractivity contribution in [2.24, 2.45) is 0 Å². The van der Waals surface area contributed by atoms with Gasteiger partial charge >= 0.3 is 0 Å². The highest BCUT2D eigenvalue weighted by atomic mass is 16.1. The van der Waals surface area contributed by atoms with Gasteiger partial charge in [-0.25, -0.2) is 9.50 Å². The minimum absolute atomic E-state index is 0.173. The second-order valence-electron chi connectivity index (χ2n) is 4.38. The summed E-state index contributed by atoms with van der Waals surface area (Å²) >= 11 is 0.